The molecule has 0 saturated carbocycles. The summed E-state index contributed by atoms with van der Waals surface area (Å²) in [6.07, 6.45) is 0. The molecule has 0 N–H and O–H groups in total. The first kappa shape index (κ1) is 25.6. The zero-order valence-electron chi connectivity index (χ0n) is 19.5. The van der Waals surface area contributed by atoms with E-state index in [0.29, 0.717) is 23.1 Å². The number of hydrogen-bond acceptors (Lipinski definition) is 5. The molecule has 0 radical (unpaired) electrons. The van der Waals surface area contributed by atoms with Gasteiger partial charge in [0, 0.05) is 31.7 Å². The smallest absolute Gasteiger partial charge is 0.309 e. The van der Waals surface area contributed by atoms with Crippen LogP contribution in [0.4, 0.5) is 0 Å². The maximum absolute atomic E-state index is 13.0. The number of carbonyl (C=O) groups excluding carboxylic acids is 2. The third-order valence-electron chi connectivity index (χ3n) is 5.41. The monoisotopic (exact) mass is 480 g/mol. The quantitative estimate of drug-likeness (QED) is 0.165. The van der Waals surface area contributed by atoms with E-state index in [1.54, 1.807) is 7.11 Å². The van der Waals surface area contributed by atoms with Crippen molar-refractivity contribution in [3.8, 4) is 5.75 Å². The lowest BCUT2D eigenvalue weighted by Gasteiger charge is -2.24. The van der Waals surface area contributed by atoms with Gasteiger partial charge in [-0.2, -0.15) is 0 Å². The van der Waals surface area contributed by atoms with Crippen LogP contribution in [0.3, 0.4) is 0 Å². The number of hydrogen-bond donors (Lipinski definition) is 0. The minimum absolute atomic E-state index is 0.0532. The summed E-state index contributed by atoms with van der Waals surface area (Å²) in [5.74, 6) is -0.0184. The van der Waals surface area contributed by atoms with Gasteiger partial charge in [-0.1, -0.05) is 44.8 Å². The second-order valence-corrected chi connectivity index (χ2v) is 16.1. The molecule has 1 aromatic heterocycles. The zero-order chi connectivity index (χ0) is 23.3. The van der Waals surface area contributed by atoms with Crippen LogP contribution in [0.2, 0.25) is 25.7 Å². The van der Waals surface area contributed by atoms with Gasteiger partial charge in [-0.3, -0.25) is 9.59 Å². The molecule has 31 heavy (non-hydrogen) atoms. The number of alkyl halides is 1. The van der Waals surface area contributed by atoms with Gasteiger partial charge in [0.15, 0.2) is 5.78 Å². The van der Waals surface area contributed by atoms with Gasteiger partial charge >= 0.3 is 5.97 Å². The Morgan fingerprint density at radius 2 is 1.87 bits per heavy atom. The van der Waals surface area contributed by atoms with Crippen LogP contribution in [0, 0.1) is 12.8 Å². The molecule has 0 fully saturated rings. The predicted octanol–water partition coefficient (Wildman–Crippen LogP) is 6.66. The van der Waals surface area contributed by atoms with E-state index in [1.807, 2.05) is 32.0 Å². The Hall–Kier alpha value is -1.63. The van der Waals surface area contributed by atoms with E-state index in [1.165, 1.54) is 18.3 Å². The van der Waals surface area contributed by atoms with Crippen molar-refractivity contribution in [3.05, 3.63) is 50.7 Å². The maximum Gasteiger partial charge on any atom is 0.309 e. The largest absolute Gasteiger partial charge is 0.495 e. The van der Waals surface area contributed by atoms with Gasteiger partial charge in [-0.15, -0.1) is 22.9 Å². The Kier molecular flexibility index (Phi) is 8.92. The van der Waals surface area contributed by atoms with E-state index in [-0.39, 0.29) is 17.7 Å². The van der Waals surface area contributed by atoms with Crippen LogP contribution >= 0.6 is 22.9 Å². The molecule has 0 saturated heterocycles. The van der Waals surface area contributed by atoms with Crippen molar-refractivity contribution in [3.63, 3.8) is 0 Å². The average Bonchev–Trinajstić information content (AvgIpc) is 3.12. The molecule has 0 amide bonds. The van der Waals surface area contributed by atoms with E-state index in [4.69, 9.17) is 21.1 Å². The Bertz CT molecular complexity index is 932. The standard InChI is InChI=1S/C24H33ClO4SSi/c1-15-8-9-18(12-19(15)14-25)22(16(2)24(27)29-10-11-31(5,6)7)21-13-20(28-4)23(30-21)17(3)26/h8-9,12-13,16,22H,10-11,14H2,1-7H3/t16-,22+/m0/s1. The second kappa shape index (κ2) is 10.8. The molecule has 0 aliphatic heterocycles. The molecular weight excluding hydrogens is 448 g/mol. The first-order chi connectivity index (χ1) is 14.5. The minimum Gasteiger partial charge on any atom is -0.495 e. The lowest BCUT2D eigenvalue weighted by Crippen LogP contribution is -2.26. The maximum atomic E-state index is 13.0. The van der Waals surface area contributed by atoms with Gasteiger partial charge in [0.25, 0.3) is 0 Å². The summed E-state index contributed by atoms with van der Waals surface area (Å²) >= 11 is 7.53. The van der Waals surface area contributed by atoms with Crippen molar-refractivity contribution in [2.24, 2.45) is 5.92 Å². The number of rotatable bonds is 10. The molecule has 0 unspecified atom stereocenters. The lowest BCUT2D eigenvalue weighted by molar-refractivity contribution is -0.147. The summed E-state index contributed by atoms with van der Waals surface area (Å²) in [4.78, 5) is 26.6. The number of aryl methyl sites for hydroxylation is 1. The number of benzene rings is 1. The number of thiophene rings is 1. The topological polar surface area (TPSA) is 52.6 Å². The highest BCUT2D eigenvalue weighted by Gasteiger charge is 2.32. The van der Waals surface area contributed by atoms with E-state index in [9.17, 15) is 9.59 Å². The molecule has 0 bridgehead atoms. The highest BCUT2D eigenvalue weighted by molar-refractivity contribution is 7.14. The van der Waals surface area contributed by atoms with Crippen LogP contribution < -0.4 is 4.74 Å². The summed E-state index contributed by atoms with van der Waals surface area (Å²) in [6, 6.07) is 8.91. The van der Waals surface area contributed by atoms with Crippen molar-refractivity contribution >= 4 is 42.8 Å². The predicted molar refractivity (Wildman–Crippen MR) is 132 cm³/mol. The number of methoxy groups -OCH3 is 1. The summed E-state index contributed by atoms with van der Waals surface area (Å²) in [5, 5.41) is 0. The molecule has 0 spiro atoms. The number of ether oxygens (including phenoxy) is 2. The fraction of sp³-hybridized carbons (Fsp3) is 0.500. The van der Waals surface area contributed by atoms with Crippen LogP contribution in [0.15, 0.2) is 24.3 Å². The van der Waals surface area contributed by atoms with Crippen LogP contribution in [0.25, 0.3) is 0 Å². The highest BCUT2D eigenvalue weighted by Crippen LogP contribution is 2.41. The molecule has 7 heteroatoms. The number of halogens is 1. The first-order valence-corrected chi connectivity index (χ1v) is 15.5. The fourth-order valence-electron chi connectivity index (χ4n) is 3.40. The van der Waals surface area contributed by atoms with E-state index < -0.39 is 14.0 Å². The van der Waals surface area contributed by atoms with Crippen LogP contribution in [0.1, 0.15) is 51.0 Å². The van der Waals surface area contributed by atoms with E-state index in [2.05, 4.69) is 25.7 Å². The molecule has 0 aliphatic carbocycles. The highest BCUT2D eigenvalue weighted by atomic mass is 35.5. The fourth-order valence-corrected chi connectivity index (χ4v) is 5.65. The van der Waals surface area contributed by atoms with Gasteiger partial charge < -0.3 is 9.47 Å². The van der Waals surface area contributed by atoms with Crippen LogP contribution in [0.5, 0.6) is 5.75 Å². The lowest BCUT2D eigenvalue weighted by atomic mass is 9.84. The summed E-state index contributed by atoms with van der Waals surface area (Å²) in [5.41, 5.74) is 3.12. The summed E-state index contributed by atoms with van der Waals surface area (Å²) in [7, 11) is 0.256. The first-order valence-electron chi connectivity index (χ1n) is 10.5. The van der Waals surface area contributed by atoms with Crippen LogP contribution in [-0.4, -0.2) is 33.5 Å². The van der Waals surface area contributed by atoms with E-state index in [0.717, 1.165) is 27.6 Å². The number of carbonyl (C=O) groups is 2. The molecule has 1 aromatic carbocycles. The molecule has 170 valence electrons. The van der Waals surface area contributed by atoms with Crippen molar-refractivity contribution in [2.75, 3.05) is 13.7 Å². The molecule has 4 nitrogen and oxygen atoms in total. The SMILES string of the molecule is COc1cc([C@@H](c2ccc(C)c(CCl)c2)[C@H](C)C(=O)OCC[Si](C)(C)C)sc1C(C)=O. The molecule has 2 atom stereocenters. The van der Waals surface area contributed by atoms with Gasteiger partial charge in [-0.05, 0) is 35.7 Å². The number of Topliss-reactive ketones (excluding diaryl/α,β-unsaturated/α-hetero) is 1. The number of esters is 1. The number of ketones is 1. The Balaban J connectivity index is 2.46. The van der Waals surface area contributed by atoms with Crippen molar-refractivity contribution in [2.45, 2.75) is 58.3 Å². The van der Waals surface area contributed by atoms with E-state index >= 15 is 0 Å². The molecule has 1 heterocycles. The van der Waals surface area contributed by atoms with Crippen LogP contribution in [-0.2, 0) is 15.4 Å². The van der Waals surface area contributed by atoms with Gasteiger partial charge in [0.05, 0.1) is 19.6 Å². The summed E-state index contributed by atoms with van der Waals surface area (Å²) in [6.45, 7) is 12.7. The molecule has 2 rings (SSSR count). The minimum atomic E-state index is -1.30. The van der Waals surface area contributed by atoms with Crippen molar-refractivity contribution < 1.29 is 19.1 Å². The second-order valence-electron chi connectivity index (χ2n) is 9.17. The normalized spacial score (nSPS) is 13.5. The Morgan fingerprint density at radius 3 is 2.39 bits per heavy atom. The molecule has 2 aromatic rings. The third kappa shape index (κ3) is 6.67. The Morgan fingerprint density at radius 1 is 1.19 bits per heavy atom. The molecular formula is C24H33ClO4SSi. The third-order valence-corrected chi connectivity index (χ3v) is 8.70. The average molecular weight is 481 g/mol. The summed E-state index contributed by atoms with van der Waals surface area (Å²) < 4.78 is 11.1. The zero-order valence-corrected chi connectivity index (χ0v) is 22.1. The van der Waals surface area contributed by atoms with Gasteiger partial charge in [-0.25, -0.2) is 0 Å². The Labute approximate surface area is 195 Å². The van der Waals surface area contributed by atoms with Gasteiger partial charge in [0.1, 0.15) is 10.6 Å². The van der Waals surface area contributed by atoms with Gasteiger partial charge in [0.2, 0.25) is 0 Å². The van der Waals surface area contributed by atoms with Crippen molar-refractivity contribution in [1.82, 2.24) is 0 Å². The molecule has 0 aliphatic rings. The van der Waals surface area contributed by atoms with Crippen molar-refractivity contribution in [1.29, 1.82) is 0 Å².